The van der Waals surface area contributed by atoms with E-state index in [1.807, 2.05) is 44.2 Å². The Morgan fingerprint density at radius 1 is 0.629 bits per heavy atom. The third kappa shape index (κ3) is 8.53. The predicted molar refractivity (Wildman–Crippen MR) is 130 cm³/mol. The first-order valence-corrected chi connectivity index (χ1v) is 13.7. The lowest BCUT2D eigenvalue weighted by Crippen LogP contribution is -2.27. The van der Waals surface area contributed by atoms with E-state index in [0.29, 0.717) is 0 Å². The van der Waals surface area contributed by atoms with Gasteiger partial charge >= 0.3 is 0 Å². The normalized spacial score (nSPS) is 13.0. The molecule has 0 unspecified atom stereocenters. The molecular formula is C25H28O8S2. The number of benzene rings is 3. The van der Waals surface area contributed by atoms with Crippen LogP contribution in [0.15, 0.2) is 88.7 Å². The van der Waals surface area contributed by atoms with Crippen molar-refractivity contribution in [2.75, 3.05) is 19.8 Å². The van der Waals surface area contributed by atoms with Crippen LogP contribution in [-0.4, -0.2) is 42.9 Å². The SMILES string of the molecule is Cc1ccc(S(=O)(=O)OCCO[C@@H](COS(=O)(=O)c2ccc(C)cc2)OCc2ccccc2)cc1. The van der Waals surface area contributed by atoms with Gasteiger partial charge in [0, 0.05) is 0 Å². The lowest BCUT2D eigenvalue weighted by Gasteiger charge is -2.19. The maximum absolute atomic E-state index is 12.5. The van der Waals surface area contributed by atoms with Gasteiger partial charge < -0.3 is 9.47 Å². The number of rotatable bonds is 13. The van der Waals surface area contributed by atoms with E-state index in [1.54, 1.807) is 24.3 Å². The molecular weight excluding hydrogens is 492 g/mol. The number of hydrogen-bond donors (Lipinski definition) is 0. The van der Waals surface area contributed by atoms with Gasteiger partial charge in [-0.3, -0.25) is 8.37 Å². The maximum Gasteiger partial charge on any atom is 0.297 e. The number of hydrogen-bond acceptors (Lipinski definition) is 8. The second-order valence-electron chi connectivity index (χ2n) is 7.74. The van der Waals surface area contributed by atoms with Gasteiger partial charge in [-0.05, 0) is 43.7 Å². The molecule has 0 aliphatic heterocycles. The molecule has 0 aromatic heterocycles. The summed E-state index contributed by atoms with van der Waals surface area (Å²) in [4.78, 5) is 0.0462. The zero-order valence-electron chi connectivity index (χ0n) is 19.5. The fraction of sp³-hybridized carbons (Fsp3) is 0.280. The lowest BCUT2D eigenvalue weighted by atomic mass is 10.2. The van der Waals surface area contributed by atoms with Crippen molar-refractivity contribution in [3.8, 4) is 0 Å². The van der Waals surface area contributed by atoms with E-state index in [1.165, 1.54) is 24.3 Å². The van der Waals surface area contributed by atoms with Gasteiger partial charge in [0.2, 0.25) is 0 Å². The molecule has 0 saturated heterocycles. The van der Waals surface area contributed by atoms with Gasteiger partial charge in [0.1, 0.15) is 6.61 Å². The molecule has 10 heteroatoms. The summed E-state index contributed by atoms with van der Waals surface area (Å²) in [6.45, 7) is 2.96. The van der Waals surface area contributed by atoms with Crippen molar-refractivity contribution in [2.24, 2.45) is 0 Å². The summed E-state index contributed by atoms with van der Waals surface area (Å²) >= 11 is 0. The Balaban J connectivity index is 1.58. The molecule has 8 nitrogen and oxygen atoms in total. The molecule has 0 aliphatic carbocycles. The van der Waals surface area contributed by atoms with Crippen LogP contribution in [0.2, 0.25) is 0 Å². The molecule has 0 spiro atoms. The van der Waals surface area contributed by atoms with Gasteiger partial charge in [0.25, 0.3) is 20.2 Å². The minimum absolute atomic E-state index is 0.0115. The van der Waals surface area contributed by atoms with Gasteiger partial charge in [0.15, 0.2) is 6.29 Å². The summed E-state index contributed by atoms with van der Waals surface area (Å²) in [6, 6.07) is 21.7. The van der Waals surface area contributed by atoms with Gasteiger partial charge in [-0.15, -0.1) is 0 Å². The van der Waals surface area contributed by atoms with Crippen LogP contribution >= 0.6 is 0 Å². The van der Waals surface area contributed by atoms with Crippen molar-refractivity contribution < 1.29 is 34.7 Å². The molecule has 3 aromatic carbocycles. The standard InChI is InChI=1S/C25H28O8S2/c1-20-8-12-23(13-9-20)34(26,27)32-17-16-30-25(31-18-22-6-4-3-5-7-22)19-33-35(28,29)24-14-10-21(2)11-15-24/h3-15,25H,16-19H2,1-2H3/t25-/m1/s1. The zero-order chi connectivity index (χ0) is 25.3. The molecule has 188 valence electrons. The van der Waals surface area contributed by atoms with Crippen LogP contribution in [0, 0.1) is 13.8 Å². The van der Waals surface area contributed by atoms with Crippen molar-refractivity contribution in [3.05, 3.63) is 95.6 Å². The Bertz CT molecular complexity index is 1270. The summed E-state index contributed by atoms with van der Waals surface area (Å²) in [5, 5.41) is 0. The molecule has 0 radical (unpaired) electrons. The highest BCUT2D eigenvalue weighted by Gasteiger charge is 2.20. The van der Waals surface area contributed by atoms with Crippen molar-refractivity contribution >= 4 is 20.2 Å². The first-order valence-electron chi connectivity index (χ1n) is 10.8. The third-order valence-corrected chi connectivity index (χ3v) is 7.51. The van der Waals surface area contributed by atoms with Crippen molar-refractivity contribution in [3.63, 3.8) is 0 Å². The van der Waals surface area contributed by atoms with E-state index in [-0.39, 0.29) is 29.6 Å². The van der Waals surface area contributed by atoms with E-state index >= 15 is 0 Å². The summed E-state index contributed by atoms with van der Waals surface area (Å²) in [5.41, 5.74) is 2.68. The molecule has 1 atom stereocenters. The molecule has 0 aliphatic rings. The summed E-state index contributed by atoms with van der Waals surface area (Å²) in [6.07, 6.45) is -1.08. The first kappa shape index (κ1) is 27.0. The van der Waals surface area contributed by atoms with Crippen LogP contribution < -0.4 is 0 Å². The Kier molecular flexibility index (Phi) is 9.55. The molecule has 35 heavy (non-hydrogen) atoms. The average molecular weight is 521 g/mol. The highest BCUT2D eigenvalue weighted by atomic mass is 32.2. The second kappa shape index (κ2) is 12.4. The molecule has 0 N–H and O–H groups in total. The second-order valence-corrected chi connectivity index (χ2v) is 11.0. The van der Waals surface area contributed by atoms with Crippen LogP contribution in [0.25, 0.3) is 0 Å². The van der Waals surface area contributed by atoms with Crippen LogP contribution in [0.5, 0.6) is 0 Å². The molecule has 0 fully saturated rings. The number of aryl methyl sites for hydroxylation is 2. The fourth-order valence-corrected chi connectivity index (χ4v) is 4.71. The van der Waals surface area contributed by atoms with Crippen LogP contribution in [0.3, 0.4) is 0 Å². The minimum Gasteiger partial charge on any atom is -0.348 e. The predicted octanol–water partition coefficient (Wildman–Crippen LogP) is 3.97. The van der Waals surface area contributed by atoms with E-state index in [9.17, 15) is 16.8 Å². The molecule has 0 saturated carbocycles. The molecule has 3 rings (SSSR count). The Morgan fingerprint density at radius 2 is 1.14 bits per heavy atom. The van der Waals surface area contributed by atoms with Crippen molar-refractivity contribution in [1.82, 2.24) is 0 Å². The minimum atomic E-state index is -4.04. The Hall–Kier alpha value is -2.60. The highest BCUT2D eigenvalue weighted by molar-refractivity contribution is 7.87. The van der Waals surface area contributed by atoms with Crippen LogP contribution in [0.4, 0.5) is 0 Å². The van der Waals surface area contributed by atoms with E-state index in [4.69, 9.17) is 17.8 Å². The maximum atomic E-state index is 12.5. The van der Waals surface area contributed by atoms with E-state index in [2.05, 4.69) is 0 Å². The molecule has 0 heterocycles. The average Bonchev–Trinajstić information content (AvgIpc) is 2.84. The van der Waals surface area contributed by atoms with Gasteiger partial charge in [-0.1, -0.05) is 65.7 Å². The Labute approximate surface area is 206 Å². The zero-order valence-corrected chi connectivity index (χ0v) is 21.1. The number of ether oxygens (including phenoxy) is 2. The first-order chi connectivity index (χ1) is 16.7. The van der Waals surface area contributed by atoms with Crippen molar-refractivity contribution in [1.29, 1.82) is 0 Å². The highest BCUT2D eigenvalue weighted by Crippen LogP contribution is 2.16. The van der Waals surface area contributed by atoms with Gasteiger partial charge in [0.05, 0.1) is 29.6 Å². The molecule has 3 aromatic rings. The van der Waals surface area contributed by atoms with E-state index in [0.717, 1.165) is 16.7 Å². The fourth-order valence-electron chi connectivity index (χ4n) is 2.92. The van der Waals surface area contributed by atoms with Gasteiger partial charge in [-0.25, -0.2) is 0 Å². The largest absolute Gasteiger partial charge is 0.348 e. The van der Waals surface area contributed by atoms with Crippen LogP contribution in [-0.2, 0) is 44.7 Å². The summed E-state index contributed by atoms with van der Waals surface area (Å²) in [5.74, 6) is 0. The lowest BCUT2D eigenvalue weighted by molar-refractivity contribution is -0.167. The Morgan fingerprint density at radius 3 is 1.69 bits per heavy atom. The van der Waals surface area contributed by atoms with Gasteiger partial charge in [-0.2, -0.15) is 16.8 Å². The smallest absolute Gasteiger partial charge is 0.297 e. The molecule has 0 amide bonds. The summed E-state index contributed by atoms with van der Waals surface area (Å²) < 4.78 is 71.1. The monoisotopic (exact) mass is 520 g/mol. The third-order valence-electron chi connectivity index (χ3n) is 4.88. The van der Waals surface area contributed by atoms with E-state index < -0.39 is 33.1 Å². The van der Waals surface area contributed by atoms with Crippen molar-refractivity contribution in [2.45, 2.75) is 36.5 Å². The quantitative estimate of drug-likeness (QED) is 0.189. The molecule has 0 bridgehead atoms. The summed E-state index contributed by atoms with van der Waals surface area (Å²) in [7, 11) is -7.99. The van der Waals surface area contributed by atoms with Crippen LogP contribution in [0.1, 0.15) is 16.7 Å². The topological polar surface area (TPSA) is 105 Å².